The number of nitrogens with zero attached hydrogens (tertiary/aromatic N) is 1. The first kappa shape index (κ1) is 14.7. The van der Waals surface area contributed by atoms with Crippen LogP contribution in [0, 0.1) is 6.92 Å². The number of aryl methyl sites for hydroxylation is 1. The van der Waals surface area contributed by atoms with E-state index in [-0.39, 0.29) is 6.10 Å². The highest BCUT2D eigenvalue weighted by Crippen LogP contribution is 2.18. The molecule has 1 aromatic carbocycles. The van der Waals surface area contributed by atoms with Gasteiger partial charge in [-0.15, -0.1) is 0 Å². The molecule has 0 saturated carbocycles. The molecule has 1 heterocycles. The first-order chi connectivity index (χ1) is 9.54. The SMILES string of the molecule is Cc1cc(NCc2ccc(OC(C)C)cc2)cnc1Cl. The van der Waals surface area contributed by atoms with Gasteiger partial charge in [-0.25, -0.2) is 4.98 Å². The van der Waals surface area contributed by atoms with Crippen LogP contribution in [0.2, 0.25) is 5.15 Å². The monoisotopic (exact) mass is 290 g/mol. The second kappa shape index (κ2) is 6.62. The van der Waals surface area contributed by atoms with Crippen LogP contribution in [0.4, 0.5) is 5.69 Å². The van der Waals surface area contributed by atoms with Crippen LogP contribution in [0.3, 0.4) is 0 Å². The molecule has 0 aliphatic carbocycles. The van der Waals surface area contributed by atoms with Crippen molar-refractivity contribution in [1.82, 2.24) is 4.98 Å². The quantitative estimate of drug-likeness (QED) is 0.827. The Labute approximate surface area is 124 Å². The van der Waals surface area contributed by atoms with Gasteiger partial charge in [0.05, 0.1) is 18.0 Å². The van der Waals surface area contributed by atoms with E-state index in [9.17, 15) is 0 Å². The van der Waals surface area contributed by atoms with E-state index in [0.717, 1.165) is 23.5 Å². The summed E-state index contributed by atoms with van der Waals surface area (Å²) in [4.78, 5) is 4.12. The minimum atomic E-state index is 0.196. The molecule has 0 amide bonds. The fourth-order valence-electron chi connectivity index (χ4n) is 1.82. The molecule has 0 bridgehead atoms. The van der Waals surface area contributed by atoms with Gasteiger partial charge in [-0.1, -0.05) is 23.7 Å². The van der Waals surface area contributed by atoms with Gasteiger partial charge in [-0.05, 0) is 50.1 Å². The van der Waals surface area contributed by atoms with Crippen LogP contribution in [0.15, 0.2) is 36.5 Å². The zero-order chi connectivity index (χ0) is 14.5. The van der Waals surface area contributed by atoms with E-state index in [1.54, 1.807) is 6.20 Å². The van der Waals surface area contributed by atoms with Crippen molar-refractivity contribution in [3.63, 3.8) is 0 Å². The van der Waals surface area contributed by atoms with Crippen LogP contribution in [0.25, 0.3) is 0 Å². The lowest BCUT2D eigenvalue weighted by Crippen LogP contribution is -2.05. The standard InChI is InChI=1S/C16H19ClN2O/c1-11(2)20-15-6-4-13(5-7-15)9-18-14-8-12(3)16(17)19-10-14/h4-8,10-11,18H,9H2,1-3H3. The molecule has 0 atom stereocenters. The van der Waals surface area contributed by atoms with Crippen LogP contribution in [-0.2, 0) is 6.54 Å². The van der Waals surface area contributed by atoms with Gasteiger partial charge in [0.2, 0.25) is 0 Å². The Morgan fingerprint density at radius 2 is 1.95 bits per heavy atom. The summed E-state index contributed by atoms with van der Waals surface area (Å²) in [6.45, 7) is 6.72. The van der Waals surface area contributed by atoms with Crippen molar-refractivity contribution in [2.75, 3.05) is 5.32 Å². The van der Waals surface area contributed by atoms with Crippen LogP contribution >= 0.6 is 11.6 Å². The van der Waals surface area contributed by atoms with Crippen molar-refractivity contribution in [3.8, 4) is 5.75 Å². The number of aromatic nitrogens is 1. The fraction of sp³-hybridized carbons (Fsp3) is 0.312. The Bertz CT molecular complexity index is 567. The molecule has 4 heteroatoms. The minimum Gasteiger partial charge on any atom is -0.491 e. The number of hydrogen-bond acceptors (Lipinski definition) is 3. The summed E-state index contributed by atoms with van der Waals surface area (Å²) in [5.41, 5.74) is 3.13. The molecule has 1 aromatic heterocycles. The van der Waals surface area contributed by atoms with Crippen molar-refractivity contribution in [3.05, 3.63) is 52.8 Å². The van der Waals surface area contributed by atoms with Gasteiger partial charge < -0.3 is 10.1 Å². The van der Waals surface area contributed by atoms with Crippen molar-refractivity contribution >= 4 is 17.3 Å². The third-order valence-corrected chi connectivity index (χ3v) is 3.20. The highest BCUT2D eigenvalue weighted by Gasteiger charge is 2.01. The van der Waals surface area contributed by atoms with Gasteiger partial charge in [0.15, 0.2) is 0 Å². The first-order valence-corrected chi connectivity index (χ1v) is 7.04. The summed E-state index contributed by atoms with van der Waals surface area (Å²) in [5.74, 6) is 0.896. The maximum atomic E-state index is 5.90. The van der Waals surface area contributed by atoms with Crippen LogP contribution in [0.5, 0.6) is 5.75 Å². The zero-order valence-electron chi connectivity index (χ0n) is 12.0. The molecule has 0 fully saturated rings. The van der Waals surface area contributed by atoms with E-state index in [4.69, 9.17) is 16.3 Å². The van der Waals surface area contributed by atoms with E-state index in [2.05, 4.69) is 22.4 Å². The van der Waals surface area contributed by atoms with Crippen LogP contribution in [-0.4, -0.2) is 11.1 Å². The lowest BCUT2D eigenvalue weighted by atomic mass is 10.2. The van der Waals surface area contributed by atoms with Crippen molar-refractivity contribution in [1.29, 1.82) is 0 Å². The predicted octanol–water partition coefficient (Wildman–Crippen LogP) is 4.44. The molecule has 2 aromatic rings. The molecule has 0 radical (unpaired) electrons. The van der Waals surface area contributed by atoms with E-state index in [0.29, 0.717) is 5.15 Å². The summed E-state index contributed by atoms with van der Waals surface area (Å²) >= 11 is 5.90. The lowest BCUT2D eigenvalue weighted by Gasteiger charge is -2.11. The maximum Gasteiger partial charge on any atom is 0.132 e. The lowest BCUT2D eigenvalue weighted by molar-refractivity contribution is 0.242. The van der Waals surface area contributed by atoms with E-state index in [1.807, 2.05) is 39.0 Å². The van der Waals surface area contributed by atoms with E-state index < -0.39 is 0 Å². The fourth-order valence-corrected chi connectivity index (χ4v) is 1.92. The van der Waals surface area contributed by atoms with Gasteiger partial charge >= 0.3 is 0 Å². The van der Waals surface area contributed by atoms with Crippen LogP contribution in [0.1, 0.15) is 25.0 Å². The molecule has 3 nitrogen and oxygen atoms in total. The first-order valence-electron chi connectivity index (χ1n) is 6.66. The largest absolute Gasteiger partial charge is 0.491 e. The Morgan fingerprint density at radius 1 is 1.25 bits per heavy atom. The Balaban J connectivity index is 1.95. The van der Waals surface area contributed by atoms with Gasteiger partial charge in [0.1, 0.15) is 10.9 Å². The molecule has 106 valence electrons. The molecule has 2 rings (SSSR count). The predicted molar refractivity (Wildman–Crippen MR) is 83.5 cm³/mol. The molecule has 0 aliphatic heterocycles. The third kappa shape index (κ3) is 4.14. The Hall–Kier alpha value is -1.74. The maximum absolute atomic E-state index is 5.90. The van der Waals surface area contributed by atoms with Crippen molar-refractivity contribution < 1.29 is 4.74 Å². The smallest absolute Gasteiger partial charge is 0.132 e. The number of nitrogens with one attached hydrogen (secondary N) is 1. The number of halogens is 1. The van der Waals surface area contributed by atoms with Gasteiger partial charge in [-0.3, -0.25) is 0 Å². The molecule has 0 unspecified atom stereocenters. The normalized spacial score (nSPS) is 10.7. The average Bonchev–Trinajstić information content (AvgIpc) is 2.41. The highest BCUT2D eigenvalue weighted by atomic mass is 35.5. The number of ether oxygens (including phenoxy) is 1. The van der Waals surface area contributed by atoms with Gasteiger partial charge in [0.25, 0.3) is 0 Å². The summed E-state index contributed by atoms with van der Waals surface area (Å²) in [6.07, 6.45) is 1.94. The summed E-state index contributed by atoms with van der Waals surface area (Å²) in [7, 11) is 0. The third-order valence-electron chi connectivity index (χ3n) is 2.81. The minimum absolute atomic E-state index is 0.196. The van der Waals surface area contributed by atoms with Crippen molar-refractivity contribution in [2.24, 2.45) is 0 Å². The van der Waals surface area contributed by atoms with Gasteiger partial charge in [-0.2, -0.15) is 0 Å². The molecule has 0 spiro atoms. The summed E-state index contributed by atoms with van der Waals surface area (Å²) in [6, 6.07) is 10.1. The molecule has 1 N–H and O–H groups in total. The molecular formula is C16H19ClN2O. The highest BCUT2D eigenvalue weighted by molar-refractivity contribution is 6.30. The number of hydrogen-bond donors (Lipinski definition) is 1. The second-order valence-corrected chi connectivity index (χ2v) is 5.35. The van der Waals surface area contributed by atoms with Crippen molar-refractivity contribution in [2.45, 2.75) is 33.4 Å². The molecule has 0 saturated heterocycles. The average molecular weight is 291 g/mol. The zero-order valence-corrected chi connectivity index (χ0v) is 12.7. The molecule has 20 heavy (non-hydrogen) atoms. The number of benzene rings is 1. The number of pyridine rings is 1. The summed E-state index contributed by atoms with van der Waals surface area (Å²) < 4.78 is 5.62. The van der Waals surface area contributed by atoms with E-state index in [1.165, 1.54) is 5.56 Å². The second-order valence-electron chi connectivity index (χ2n) is 5.00. The molecule has 0 aliphatic rings. The summed E-state index contributed by atoms with van der Waals surface area (Å²) in [5, 5.41) is 3.87. The molecular weight excluding hydrogens is 272 g/mol. The number of anilines is 1. The Kier molecular flexibility index (Phi) is 4.85. The van der Waals surface area contributed by atoms with E-state index >= 15 is 0 Å². The van der Waals surface area contributed by atoms with Gasteiger partial charge in [0, 0.05) is 6.54 Å². The number of rotatable bonds is 5. The Morgan fingerprint density at radius 3 is 2.55 bits per heavy atom. The topological polar surface area (TPSA) is 34.1 Å². The van der Waals surface area contributed by atoms with Crippen LogP contribution < -0.4 is 10.1 Å².